The van der Waals surface area contributed by atoms with Gasteiger partial charge in [0.25, 0.3) is 0 Å². The summed E-state index contributed by atoms with van der Waals surface area (Å²) in [5.41, 5.74) is -0.276. The van der Waals surface area contributed by atoms with E-state index < -0.39 is 11.7 Å². The summed E-state index contributed by atoms with van der Waals surface area (Å²) in [5, 5.41) is 12.6. The van der Waals surface area contributed by atoms with Gasteiger partial charge in [-0.2, -0.15) is 13.2 Å². The molecule has 0 amide bonds. The predicted octanol–water partition coefficient (Wildman–Crippen LogP) is 3.86. The van der Waals surface area contributed by atoms with Crippen LogP contribution in [-0.4, -0.2) is 17.8 Å². The highest BCUT2D eigenvalue weighted by Gasteiger charge is 2.30. The summed E-state index contributed by atoms with van der Waals surface area (Å²) < 4.78 is 37.8. The molecule has 0 aliphatic heterocycles. The molecule has 2 atom stereocenters. The molecule has 0 aliphatic rings. The van der Waals surface area contributed by atoms with Crippen molar-refractivity contribution in [3.63, 3.8) is 0 Å². The van der Waals surface area contributed by atoms with E-state index in [1.165, 1.54) is 6.07 Å². The molecule has 1 rings (SSSR count). The van der Waals surface area contributed by atoms with E-state index in [4.69, 9.17) is 11.6 Å². The Morgan fingerprint density at radius 3 is 2.50 bits per heavy atom. The van der Waals surface area contributed by atoms with Crippen molar-refractivity contribution in [2.75, 3.05) is 6.54 Å². The van der Waals surface area contributed by atoms with Crippen LogP contribution >= 0.6 is 11.6 Å². The third-order valence-electron chi connectivity index (χ3n) is 2.92. The van der Waals surface area contributed by atoms with Gasteiger partial charge in [-0.05, 0) is 49.6 Å². The van der Waals surface area contributed by atoms with Gasteiger partial charge in [0.15, 0.2) is 0 Å². The van der Waals surface area contributed by atoms with Crippen LogP contribution in [-0.2, 0) is 12.7 Å². The van der Waals surface area contributed by atoms with E-state index in [9.17, 15) is 18.3 Å². The van der Waals surface area contributed by atoms with E-state index in [0.717, 1.165) is 12.1 Å². The van der Waals surface area contributed by atoms with Crippen molar-refractivity contribution in [1.29, 1.82) is 0 Å². The molecular weight excluding hydrogens is 291 g/mol. The summed E-state index contributed by atoms with van der Waals surface area (Å²) in [7, 11) is 0. The average Bonchev–Trinajstić information content (AvgIpc) is 2.29. The van der Waals surface area contributed by atoms with E-state index in [1.807, 2.05) is 6.92 Å². The number of hydrogen-bond donors (Lipinski definition) is 2. The van der Waals surface area contributed by atoms with Crippen LogP contribution in [0.1, 0.15) is 31.4 Å². The lowest BCUT2D eigenvalue weighted by molar-refractivity contribution is -0.137. The van der Waals surface area contributed by atoms with Crippen LogP contribution in [0.5, 0.6) is 0 Å². The van der Waals surface area contributed by atoms with Crippen molar-refractivity contribution in [2.24, 2.45) is 5.92 Å². The average molecular weight is 310 g/mol. The molecule has 0 bridgehead atoms. The van der Waals surface area contributed by atoms with E-state index in [1.54, 1.807) is 6.92 Å². The van der Waals surface area contributed by atoms with E-state index in [0.29, 0.717) is 23.6 Å². The smallest absolute Gasteiger partial charge is 0.393 e. The molecule has 0 aromatic heterocycles. The number of aliphatic hydroxyl groups excluding tert-OH is 1. The van der Waals surface area contributed by atoms with Gasteiger partial charge in [0.05, 0.1) is 11.7 Å². The van der Waals surface area contributed by atoms with Crippen molar-refractivity contribution in [3.05, 3.63) is 34.3 Å². The highest BCUT2D eigenvalue weighted by atomic mass is 35.5. The first-order valence-electron chi connectivity index (χ1n) is 6.44. The Morgan fingerprint density at radius 2 is 1.95 bits per heavy atom. The molecule has 2 N–H and O–H groups in total. The van der Waals surface area contributed by atoms with E-state index in [2.05, 4.69) is 5.32 Å². The Balaban J connectivity index is 2.59. The van der Waals surface area contributed by atoms with Crippen molar-refractivity contribution in [3.8, 4) is 0 Å². The minimum Gasteiger partial charge on any atom is -0.393 e. The van der Waals surface area contributed by atoms with Gasteiger partial charge in [-0.15, -0.1) is 0 Å². The Labute approximate surface area is 121 Å². The van der Waals surface area contributed by atoms with Gasteiger partial charge >= 0.3 is 6.18 Å². The Hall–Kier alpha value is -0.780. The summed E-state index contributed by atoms with van der Waals surface area (Å²) in [6.45, 7) is 4.55. The van der Waals surface area contributed by atoms with Crippen LogP contribution < -0.4 is 5.32 Å². The second-order valence-electron chi connectivity index (χ2n) is 5.12. The van der Waals surface area contributed by atoms with E-state index in [-0.39, 0.29) is 18.6 Å². The Morgan fingerprint density at radius 1 is 1.30 bits per heavy atom. The third kappa shape index (κ3) is 5.69. The molecule has 1 aromatic rings. The molecular formula is C14H19ClF3NO. The van der Waals surface area contributed by atoms with Gasteiger partial charge in [0.1, 0.15) is 0 Å². The number of benzene rings is 1. The van der Waals surface area contributed by atoms with Gasteiger partial charge in [-0.1, -0.05) is 18.5 Å². The second-order valence-corrected chi connectivity index (χ2v) is 5.53. The first kappa shape index (κ1) is 17.3. The molecule has 114 valence electrons. The monoisotopic (exact) mass is 309 g/mol. The highest BCUT2D eigenvalue weighted by Crippen LogP contribution is 2.31. The zero-order valence-electron chi connectivity index (χ0n) is 11.5. The SMILES string of the molecule is CC(O)CC(C)CNCc1cc(C(F)(F)F)ccc1Cl. The lowest BCUT2D eigenvalue weighted by Crippen LogP contribution is -2.23. The highest BCUT2D eigenvalue weighted by molar-refractivity contribution is 6.31. The number of rotatable bonds is 6. The van der Waals surface area contributed by atoms with Crippen molar-refractivity contribution < 1.29 is 18.3 Å². The molecule has 0 fully saturated rings. The first-order chi connectivity index (χ1) is 9.20. The van der Waals surface area contributed by atoms with Crippen molar-refractivity contribution in [1.82, 2.24) is 5.32 Å². The van der Waals surface area contributed by atoms with Gasteiger partial charge in [-0.3, -0.25) is 0 Å². The Bertz CT molecular complexity index is 435. The third-order valence-corrected chi connectivity index (χ3v) is 3.29. The number of halogens is 4. The topological polar surface area (TPSA) is 32.3 Å². The molecule has 2 nitrogen and oxygen atoms in total. The molecule has 0 spiro atoms. The summed E-state index contributed by atoms with van der Waals surface area (Å²) in [6.07, 6.45) is -4.11. The summed E-state index contributed by atoms with van der Waals surface area (Å²) >= 11 is 5.90. The van der Waals surface area contributed by atoms with Gasteiger partial charge in [0, 0.05) is 11.6 Å². The summed E-state index contributed by atoms with van der Waals surface area (Å²) in [6, 6.07) is 3.30. The van der Waals surface area contributed by atoms with Crippen LogP contribution in [0, 0.1) is 5.92 Å². The molecule has 0 radical (unpaired) electrons. The maximum atomic E-state index is 12.6. The predicted molar refractivity (Wildman–Crippen MR) is 73.6 cm³/mol. The van der Waals surface area contributed by atoms with Gasteiger partial charge < -0.3 is 10.4 Å². The largest absolute Gasteiger partial charge is 0.416 e. The van der Waals surface area contributed by atoms with Crippen LogP contribution in [0.2, 0.25) is 5.02 Å². The molecule has 20 heavy (non-hydrogen) atoms. The fourth-order valence-corrected chi connectivity index (χ4v) is 2.19. The molecule has 6 heteroatoms. The zero-order chi connectivity index (χ0) is 15.3. The maximum Gasteiger partial charge on any atom is 0.416 e. The minimum atomic E-state index is -4.36. The lowest BCUT2D eigenvalue weighted by Gasteiger charge is -2.15. The lowest BCUT2D eigenvalue weighted by atomic mass is 10.0. The standard InChI is InChI=1S/C14H19ClF3NO/c1-9(5-10(2)20)7-19-8-11-6-12(14(16,17)18)3-4-13(11)15/h3-4,6,9-10,19-20H,5,7-8H2,1-2H3. The fraction of sp³-hybridized carbons (Fsp3) is 0.571. The minimum absolute atomic E-state index is 0.236. The second kappa shape index (κ2) is 7.29. The summed E-state index contributed by atoms with van der Waals surface area (Å²) in [4.78, 5) is 0. The number of alkyl halides is 3. The van der Waals surface area contributed by atoms with Gasteiger partial charge in [0.2, 0.25) is 0 Å². The molecule has 0 saturated carbocycles. The fourth-order valence-electron chi connectivity index (χ4n) is 2.01. The van der Waals surface area contributed by atoms with Crippen LogP contribution in [0.25, 0.3) is 0 Å². The van der Waals surface area contributed by atoms with Crippen LogP contribution in [0.4, 0.5) is 13.2 Å². The van der Waals surface area contributed by atoms with E-state index >= 15 is 0 Å². The quantitative estimate of drug-likeness (QED) is 0.836. The molecule has 2 unspecified atom stereocenters. The van der Waals surface area contributed by atoms with Crippen molar-refractivity contribution in [2.45, 2.75) is 39.1 Å². The van der Waals surface area contributed by atoms with Crippen LogP contribution in [0.3, 0.4) is 0 Å². The van der Waals surface area contributed by atoms with Crippen molar-refractivity contribution >= 4 is 11.6 Å². The molecule has 0 heterocycles. The Kier molecular flexibility index (Phi) is 6.30. The molecule has 0 aliphatic carbocycles. The summed E-state index contributed by atoms with van der Waals surface area (Å²) in [5.74, 6) is 0.236. The number of hydrogen-bond acceptors (Lipinski definition) is 2. The van der Waals surface area contributed by atoms with Gasteiger partial charge in [-0.25, -0.2) is 0 Å². The first-order valence-corrected chi connectivity index (χ1v) is 6.82. The molecule has 0 saturated heterocycles. The normalized spacial score (nSPS) is 15.2. The zero-order valence-corrected chi connectivity index (χ0v) is 12.2. The maximum absolute atomic E-state index is 12.6. The number of nitrogens with one attached hydrogen (secondary N) is 1. The molecule has 1 aromatic carbocycles. The van der Waals surface area contributed by atoms with Crippen LogP contribution in [0.15, 0.2) is 18.2 Å². The number of aliphatic hydroxyl groups is 1.